The van der Waals surface area contributed by atoms with Crippen LogP contribution in [0.4, 0.5) is 5.69 Å². The maximum absolute atomic E-state index is 11.5. The minimum absolute atomic E-state index is 0.371. The predicted octanol–water partition coefficient (Wildman–Crippen LogP) is 3.94. The van der Waals surface area contributed by atoms with E-state index in [1.54, 1.807) is 12.3 Å². The lowest BCUT2D eigenvalue weighted by atomic mass is 10.1. The van der Waals surface area contributed by atoms with Crippen LogP contribution in [0.2, 0.25) is 0 Å². The minimum Gasteiger partial charge on any atom is -0.465 e. The molecule has 0 fully saturated rings. The molecule has 0 aliphatic rings. The quantitative estimate of drug-likeness (QED) is 0.742. The summed E-state index contributed by atoms with van der Waals surface area (Å²) in [6, 6.07) is 16.0. The van der Waals surface area contributed by atoms with Gasteiger partial charge in [0.1, 0.15) is 0 Å². The molecule has 1 heterocycles. The van der Waals surface area contributed by atoms with Crippen LogP contribution in [0.15, 0.2) is 54.7 Å². The number of methoxy groups -OCH3 is 1. The Balaban J connectivity index is 1.80. The summed E-state index contributed by atoms with van der Waals surface area (Å²) in [5.74, 6) is -0.371. The van der Waals surface area contributed by atoms with Gasteiger partial charge in [0.25, 0.3) is 0 Å². The Morgan fingerprint density at radius 3 is 2.78 bits per heavy atom. The van der Waals surface area contributed by atoms with Crippen molar-refractivity contribution in [3.05, 3.63) is 71.4 Å². The van der Waals surface area contributed by atoms with Gasteiger partial charge in [0.05, 0.1) is 18.2 Å². The molecule has 0 amide bonds. The number of rotatable bonds is 4. The maximum Gasteiger partial charge on any atom is 0.339 e. The van der Waals surface area contributed by atoms with Crippen molar-refractivity contribution >= 4 is 22.6 Å². The highest BCUT2D eigenvalue weighted by Gasteiger charge is 2.07. The van der Waals surface area contributed by atoms with E-state index < -0.39 is 0 Å². The number of hydrogen-bond donors (Lipinski definition) is 1. The molecule has 0 saturated carbocycles. The molecule has 0 aliphatic heterocycles. The SMILES string of the molecule is COC(=O)c1cnc2cc(CNc3ccccc3C)ccc2c1. The molecule has 116 valence electrons. The van der Waals surface area contributed by atoms with Gasteiger partial charge in [-0.1, -0.05) is 30.3 Å². The second-order valence-corrected chi connectivity index (χ2v) is 5.41. The fourth-order valence-corrected chi connectivity index (χ4v) is 2.47. The summed E-state index contributed by atoms with van der Waals surface area (Å²) in [7, 11) is 1.37. The summed E-state index contributed by atoms with van der Waals surface area (Å²) in [6.07, 6.45) is 1.55. The number of carbonyl (C=O) groups excluding carboxylic acids is 1. The molecule has 4 heteroatoms. The summed E-state index contributed by atoms with van der Waals surface area (Å²) in [6.45, 7) is 2.81. The first-order chi connectivity index (χ1) is 11.2. The zero-order valence-corrected chi connectivity index (χ0v) is 13.2. The number of pyridine rings is 1. The van der Waals surface area contributed by atoms with Gasteiger partial charge < -0.3 is 10.1 Å². The largest absolute Gasteiger partial charge is 0.465 e. The number of carbonyl (C=O) groups is 1. The average Bonchev–Trinajstić information content (AvgIpc) is 2.59. The van der Waals surface area contributed by atoms with Gasteiger partial charge in [0.15, 0.2) is 0 Å². The van der Waals surface area contributed by atoms with Gasteiger partial charge in [-0.05, 0) is 36.2 Å². The van der Waals surface area contributed by atoms with E-state index in [1.807, 2.05) is 30.3 Å². The molecule has 0 radical (unpaired) electrons. The number of esters is 1. The first-order valence-electron chi connectivity index (χ1n) is 7.44. The molecule has 0 spiro atoms. The lowest BCUT2D eigenvalue weighted by Crippen LogP contribution is -2.03. The lowest BCUT2D eigenvalue weighted by molar-refractivity contribution is 0.0600. The summed E-state index contributed by atoms with van der Waals surface area (Å²) < 4.78 is 4.72. The second kappa shape index (κ2) is 6.48. The Kier molecular flexibility index (Phi) is 4.24. The van der Waals surface area contributed by atoms with E-state index in [-0.39, 0.29) is 5.97 Å². The van der Waals surface area contributed by atoms with Crippen LogP contribution in [0.1, 0.15) is 21.5 Å². The molecule has 2 aromatic carbocycles. The Hall–Kier alpha value is -2.88. The molecule has 3 aromatic rings. The van der Waals surface area contributed by atoms with Crippen LogP contribution in [-0.2, 0) is 11.3 Å². The molecule has 1 N–H and O–H groups in total. The second-order valence-electron chi connectivity index (χ2n) is 5.41. The number of aryl methyl sites for hydroxylation is 1. The van der Waals surface area contributed by atoms with Crippen LogP contribution in [0.5, 0.6) is 0 Å². The predicted molar refractivity (Wildman–Crippen MR) is 91.6 cm³/mol. The van der Waals surface area contributed by atoms with Crippen molar-refractivity contribution in [3.63, 3.8) is 0 Å². The highest BCUT2D eigenvalue weighted by atomic mass is 16.5. The number of anilines is 1. The molecule has 0 bridgehead atoms. The molecule has 1 aromatic heterocycles. The molecule has 0 atom stereocenters. The van der Waals surface area contributed by atoms with E-state index in [9.17, 15) is 4.79 Å². The van der Waals surface area contributed by atoms with Crippen molar-refractivity contribution in [3.8, 4) is 0 Å². The van der Waals surface area contributed by atoms with Crippen molar-refractivity contribution < 1.29 is 9.53 Å². The van der Waals surface area contributed by atoms with Gasteiger partial charge in [0, 0.05) is 23.8 Å². The normalized spacial score (nSPS) is 10.5. The standard InChI is InChI=1S/C19H18N2O2/c1-13-5-3-4-6-17(13)20-11-14-7-8-15-10-16(19(22)23-2)12-21-18(15)9-14/h3-10,12,20H,11H2,1-2H3. The van der Waals surface area contributed by atoms with Crippen LogP contribution in [-0.4, -0.2) is 18.1 Å². The summed E-state index contributed by atoms with van der Waals surface area (Å²) in [5.41, 5.74) is 4.81. The number of nitrogens with zero attached hydrogens (tertiary/aromatic N) is 1. The van der Waals surface area contributed by atoms with E-state index in [4.69, 9.17) is 4.74 Å². The first kappa shape index (κ1) is 15.0. The van der Waals surface area contributed by atoms with Gasteiger partial charge in [-0.3, -0.25) is 4.98 Å². The van der Waals surface area contributed by atoms with Gasteiger partial charge in [-0.2, -0.15) is 0 Å². The number of nitrogens with one attached hydrogen (secondary N) is 1. The Morgan fingerprint density at radius 2 is 2.00 bits per heavy atom. The summed E-state index contributed by atoms with van der Waals surface area (Å²) >= 11 is 0. The van der Waals surface area contributed by atoms with E-state index >= 15 is 0 Å². The smallest absolute Gasteiger partial charge is 0.339 e. The molecule has 0 aliphatic carbocycles. The number of benzene rings is 2. The topological polar surface area (TPSA) is 51.2 Å². The zero-order valence-electron chi connectivity index (χ0n) is 13.2. The van der Waals surface area contributed by atoms with E-state index in [2.05, 4.69) is 29.4 Å². The van der Waals surface area contributed by atoms with E-state index in [1.165, 1.54) is 12.7 Å². The van der Waals surface area contributed by atoms with Gasteiger partial charge in [-0.15, -0.1) is 0 Å². The molecule has 3 rings (SSSR count). The van der Waals surface area contributed by atoms with Crippen LogP contribution in [0, 0.1) is 6.92 Å². The van der Waals surface area contributed by atoms with Gasteiger partial charge in [0.2, 0.25) is 0 Å². The highest BCUT2D eigenvalue weighted by molar-refractivity contribution is 5.93. The number of aromatic nitrogens is 1. The summed E-state index contributed by atoms with van der Waals surface area (Å²) in [5, 5.41) is 4.35. The van der Waals surface area contributed by atoms with Crippen molar-refractivity contribution in [1.82, 2.24) is 4.98 Å². The fourth-order valence-electron chi connectivity index (χ4n) is 2.47. The first-order valence-corrected chi connectivity index (χ1v) is 7.44. The van der Waals surface area contributed by atoms with Crippen molar-refractivity contribution in [2.24, 2.45) is 0 Å². The maximum atomic E-state index is 11.5. The third-order valence-corrected chi connectivity index (χ3v) is 3.80. The summed E-state index contributed by atoms with van der Waals surface area (Å²) in [4.78, 5) is 15.9. The Bertz CT molecular complexity index is 859. The molecule has 23 heavy (non-hydrogen) atoms. The van der Waals surface area contributed by atoms with Crippen molar-refractivity contribution in [1.29, 1.82) is 0 Å². The third kappa shape index (κ3) is 3.31. The molecular weight excluding hydrogens is 288 g/mol. The van der Waals surface area contributed by atoms with E-state index in [0.717, 1.165) is 28.7 Å². The van der Waals surface area contributed by atoms with Gasteiger partial charge in [-0.25, -0.2) is 4.79 Å². The number of para-hydroxylation sites is 1. The van der Waals surface area contributed by atoms with Crippen LogP contribution in [0.25, 0.3) is 10.9 Å². The monoisotopic (exact) mass is 306 g/mol. The van der Waals surface area contributed by atoms with E-state index in [0.29, 0.717) is 5.56 Å². The lowest BCUT2D eigenvalue weighted by Gasteiger charge is -2.10. The Labute approximate surface area is 135 Å². The number of fused-ring (bicyclic) bond motifs is 1. The molecule has 0 unspecified atom stereocenters. The molecule has 4 nitrogen and oxygen atoms in total. The van der Waals surface area contributed by atoms with Crippen LogP contribution < -0.4 is 5.32 Å². The van der Waals surface area contributed by atoms with Crippen LogP contribution in [0.3, 0.4) is 0 Å². The highest BCUT2D eigenvalue weighted by Crippen LogP contribution is 2.18. The minimum atomic E-state index is -0.371. The van der Waals surface area contributed by atoms with Crippen LogP contribution >= 0.6 is 0 Å². The zero-order chi connectivity index (χ0) is 16.2. The van der Waals surface area contributed by atoms with Crippen molar-refractivity contribution in [2.45, 2.75) is 13.5 Å². The fraction of sp³-hybridized carbons (Fsp3) is 0.158. The number of hydrogen-bond acceptors (Lipinski definition) is 4. The number of ether oxygens (including phenoxy) is 1. The Morgan fingerprint density at radius 1 is 1.17 bits per heavy atom. The third-order valence-electron chi connectivity index (χ3n) is 3.80. The van der Waals surface area contributed by atoms with Gasteiger partial charge >= 0.3 is 5.97 Å². The average molecular weight is 306 g/mol. The molecule has 0 saturated heterocycles. The molecular formula is C19H18N2O2. The van der Waals surface area contributed by atoms with Crippen molar-refractivity contribution in [2.75, 3.05) is 12.4 Å².